The summed E-state index contributed by atoms with van der Waals surface area (Å²) in [6.07, 6.45) is 0.528. The highest BCUT2D eigenvalue weighted by Crippen LogP contribution is 2.31. The van der Waals surface area contributed by atoms with E-state index in [1.807, 2.05) is 53.9 Å². The van der Waals surface area contributed by atoms with Gasteiger partial charge in [-0.1, -0.05) is 47.5 Å². The van der Waals surface area contributed by atoms with Crippen molar-refractivity contribution in [2.75, 3.05) is 0 Å². The van der Waals surface area contributed by atoms with Crippen molar-refractivity contribution < 1.29 is 0 Å². The van der Waals surface area contributed by atoms with Gasteiger partial charge in [0.2, 0.25) is 0 Å². The van der Waals surface area contributed by atoms with E-state index in [0.717, 1.165) is 21.5 Å². The first kappa shape index (κ1) is 16.3. The Labute approximate surface area is 157 Å². The van der Waals surface area contributed by atoms with E-state index in [1.54, 1.807) is 0 Å². The molecule has 2 aromatic heterocycles. The number of aromatic nitrogens is 2. The number of halogens is 2. The molecule has 0 unspecified atom stereocenters. The van der Waals surface area contributed by atoms with E-state index >= 15 is 0 Å². The first-order chi connectivity index (χ1) is 12.1. The van der Waals surface area contributed by atoms with Crippen molar-refractivity contribution in [1.82, 2.24) is 9.97 Å². The Bertz CT molecular complexity index is 1120. The average Bonchev–Trinajstić information content (AvgIpc) is 3.00. The van der Waals surface area contributed by atoms with Crippen LogP contribution in [0, 0.1) is 0 Å². The minimum absolute atomic E-state index is 0.131. The van der Waals surface area contributed by atoms with Crippen LogP contribution in [-0.4, -0.2) is 9.97 Å². The minimum Gasteiger partial charge on any atom is -0.310 e. The van der Waals surface area contributed by atoms with Gasteiger partial charge in [-0.2, -0.15) is 0 Å². The molecule has 0 radical (unpaired) electrons. The molecule has 0 saturated heterocycles. The van der Waals surface area contributed by atoms with Gasteiger partial charge in [0.25, 0.3) is 5.56 Å². The second-order valence-corrected chi connectivity index (χ2v) is 7.39. The zero-order chi connectivity index (χ0) is 17.4. The van der Waals surface area contributed by atoms with Crippen molar-refractivity contribution in [3.05, 3.63) is 85.7 Å². The molecule has 4 rings (SSSR count). The summed E-state index contributed by atoms with van der Waals surface area (Å²) < 4.78 is 0. The third-order valence-electron chi connectivity index (χ3n) is 3.91. The molecule has 0 fully saturated rings. The molecule has 25 heavy (non-hydrogen) atoms. The van der Waals surface area contributed by atoms with Crippen molar-refractivity contribution in [2.24, 2.45) is 0 Å². The van der Waals surface area contributed by atoms with Crippen molar-refractivity contribution in [2.45, 2.75) is 6.42 Å². The third-order valence-corrected chi connectivity index (χ3v) is 5.27. The molecule has 0 aliphatic rings. The molecule has 0 bridgehead atoms. The predicted molar refractivity (Wildman–Crippen MR) is 105 cm³/mol. The maximum atomic E-state index is 12.6. The zero-order valence-electron chi connectivity index (χ0n) is 12.9. The summed E-state index contributed by atoms with van der Waals surface area (Å²) in [7, 11) is 0. The largest absolute Gasteiger partial charge is 0.310 e. The van der Waals surface area contributed by atoms with E-state index < -0.39 is 0 Å². The lowest BCUT2D eigenvalue weighted by Gasteiger charge is -2.03. The molecule has 0 spiro atoms. The van der Waals surface area contributed by atoms with Crippen molar-refractivity contribution in [1.29, 1.82) is 0 Å². The monoisotopic (exact) mass is 386 g/mol. The number of rotatable bonds is 3. The molecular weight excluding hydrogens is 375 g/mol. The first-order valence-corrected chi connectivity index (χ1v) is 9.24. The highest BCUT2D eigenvalue weighted by molar-refractivity contribution is 7.17. The molecule has 0 aliphatic carbocycles. The molecule has 1 N–H and O–H groups in total. The number of thiophene rings is 1. The zero-order valence-corrected chi connectivity index (χ0v) is 15.3. The number of fused-ring (bicyclic) bond motifs is 1. The van der Waals surface area contributed by atoms with Gasteiger partial charge < -0.3 is 4.98 Å². The molecule has 124 valence electrons. The molecule has 2 aromatic carbocycles. The average molecular weight is 387 g/mol. The van der Waals surface area contributed by atoms with Crippen LogP contribution in [0.2, 0.25) is 10.0 Å². The lowest BCUT2D eigenvalue weighted by atomic mass is 10.1. The SMILES string of the molecule is O=c1[nH]c(Cc2cccc(Cl)c2)nc2scc(-c3ccc(Cl)cc3)c12. The van der Waals surface area contributed by atoms with E-state index in [9.17, 15) is 4.79 Å². The fourth-order valence-corrected chi connectivity index (χ4v) is 4.07. The van der Waals surface area contributed by atoms with Crippen LogP contribution in [0.15, 0.2) is 58.7 Å². The minimum atomic E-state index is -0.131. The summed E-state index contributed by atoms with van der Waals surface area (Å²) in [6, 6.07) is 15.0. The number of nitrogens with zero attached hydrogens (tertiary/aromatic N) is 1. The van der Waals surface area contributed by atoms with Gasteiger partial charge in [0.05, 0.1) is 5.39 Å². The van der Waals surface area contributed by atoms with Gasteiger partial charge in [0, 0.05) is 27.4 Å². The van der Waals surface area contributed by atoms with E-state index in [1.165, 1.54) is 11.3 Å². The van der Waals surface area contributed by atoms with Crippen LogP contribution in [0.1, 0.15) is 11.4 Å². The Morgan fingerprint density at radius 3 is 2.60 bits per heavy atom. The van der Waals surface area contributed by atoms with Crippen LogP contribution in [0.4, 0.5) is 0 Å². The van der Waals surface area contributed by atoms with Crippen LogP contribution in [0.3, 0.4) is 0 Å². The predicted octanol–water partition coefficient (Wildman–Crippen LogP) is 5.55. The van der Waals surface area contributed by atoms with E-state index in [0.29, 0.717) is 27.7 Å². The van der Waals surface area contributed by atoms with Gasteiger partial charge in [-0.15, -0.1) is 11.3 Å². The second-order valence-electron chi connectivity index (χ2n) is 5.66. The molecule has 0 saturated carbocycles. The molecule has 0 amide bonds. The molecule has 6 heteroatoms. The van der Waals surface area contributed by atoms with Crippen molar-refractivity contribution >= 4 is 44.8 Å². The second kappa shape index (κ2) is 6.64. The van der Waals surface area contributed by atoms with E-state index in [4.69, 9.17) is 23.2 Å². The Hall–Kier alpha value is -2.14. The van der Waals surface area contributed by atoms with Gasteiger partial charge in [0.1, 0.15) is 10.7 Å². The summed E-state index contributed by atoms with van der Waals surface area (Å²) in [5, 5.41) is 3.91. The fourth-order valence-electron chi connectivity index (χ4n) is 2.76. The smallest absolute Gasteiger partial charge is 0.260 e. The maximum absolute atomic E-state index is 12.6. The molecule has 2 heterocycles. The van der Waals surface area contributed by atoms with Crippen molar-refractivity contribution in [3.8, 4) is 11.1 Å². The van der Waals surface area contributed by atoms with Gasteiger partial charge in [-0.05, 0) is 35.4 Å². The number of benzene rings is 2. The first-order valence-electron chi connectivity index (χ1n) is 7.61. The van der Waals surface area contributed by atoms with Gasteiger partial charge >= 0.3 is 0 Å². The van der Waals surface area contributed by atoms with Crippen LogP contribution < -0.4 is 5.56 Å². The molecule has 0 aliphatic heterocycles. The van der Waals surface area contributed by atoms with Crippen LogP contribution in [0.5, 0.6) is 0 Å². The van der Waals surface area contributed by atoms with Crippen LogP contribution in [0.25, 0.3) is 21.3 Å². The maximum Gasteiger partial charge on any atom is 0.260 e. The number of nitrogens with one attached hydrogen (secondary N) is 1. The fraction of sp³-hybridized carbons (Fsp3) is 0.0526. The van der Waals surface area contributed by atoms with Gasteiger partial charge in [0.15, 0.2) is 0 Å². The van der Waals surface area contributed by atoms with Gasteiger partial charge in [-0.25, -0.2) is 4.98 Å². The van der Waals surface area contributed by atoms with Crippen molar-refractivity contribution in [3.63, 3.8) is 0 Å². The Morgan fingerprint density at radius 1 is 1.04 bits per heavy atom. The standard InChI is InChI=1S/C19H12Cl2N2OS/c20-13-6-4-12(5-7-13)15-10-25-19-17(15)18(24)22-16(23-19)9-11-2-1-3-14(21)8-11/h1-8,10H,9H2,(H,22,23,24). The van der Waals surface area contributed by atoms with E-state index in [-0.39, 0.29) is 5.56 Å². The molecule has 0 atom stereocenters. The Kier molecular flexibility index (Phi) is 4.34. The highest BCUT2D eigenvalue weighted by Gasteiger charge is 2.13. The van der Waals surface area contributed by atoms with Crippen LogP contribution in [-0.2, 0) is 6.42 Å². The normalized spacial score (nSPS) is 11.1. The summed E-state index contributed by atoms with van der Waals surface area (Å²) in [4.78, 5) is 20.9. The summed E-state index contributed by atoms with van der Waals surface area (Å²) in [5.74, 6) is 0.629. The number of hydrogen-bond acceptors (Lipinski definition) is 3. The lowest BCUT2D eigenvalue weighted by molar-refractivity contribution is 0.977. The summed E-state index contributed by atoms with van der Waals surface area (Å²) in [6.45, 7) is 0. The third kappa shape index (κ3) is 3.33. The Balaban J connectivity index is 1.77. The number of aromatic amines is 1. The summed E-state index contributed by atoms with van der Waals surface area (Å²) >= 11 is 13.4. The van der Waals surface area contributed by atoms with Crippen LogP contribution >= 0.6 is 34.5 Å². The summed E-state index contributed by atoms with van der Waals surface area (Å²) in [5.41, 5.74) is 2.70. The molecular formula is C19H12Cl2N2OS. The molecule has 3 nitrogen and oxygen atoms in total. The van der Waals surface area contributed by atoms with Gasteiger partial charge in [-0.3, -0.25) is 4.79 Å². The highest BCUT2D eigenvalue weighted by atomic mass is 35.5. The van der Waals surface area contributed by atoms with E-state index in [2.05, 4.69) is 9.97 Å². The topological polar surface area (TPSA) is 45.8 Å². The number of H-pyrrole nitrogens is 1. The number of hydrogen-bond donors (Lipinski definition) is 1. The molecule has 4 aromatic rings. The Morgan fingerprint density at radius 2 is 1.84 bits per heavy atom. The quantitative estimate of drug-likeness (QED) is 0.501. The lowest BCUT2D eigenvalue weighted by Crippen LogP contribution is -2.11.